The number of anilines is 1. The van der Waals surface area contributed by atoms with E-state index in [1.807, 2.05) is 24.3 Å². The molecule has 0 fully saturated rings. The van der Waals surface area contributed by atoms with E-state index in [0.29, 0.717) is 6.42 Å². The highest BCUT2D eigenvalue weighted by Gasteiger charge is 2.28. The maximum Gasteiger partial charge on any atom is 0.265 e. The van der Waals surface area contributed by atoms with E-state index in [-0.39, 0.29) is 5.91 Å². The molecule has 102 valence electrons. The van der Waals surface area contributed by atoms with Crippen molar-refractivity contribution < 1.29 is 14.3 Å². The number of benzene rings is 2. The van der Waals surface area contributed by atoms with E-state index in [4.69, 9.17) is 9.47 Å². The van der Waals surface area contributed by atoms with E-state index >= 15 is 0 Å². The number of fused-ring (bicyclic) bond motifs is 1. The van der Waals surface area contributed by atoms with Crippen LogP contribution in [0.15, 0.2) is 48.5 Å². The van der Waals surface area contributed by atoms with E-state index in [9.17, 15) is 4.79 Å². The van der Waals surface area contributed by atoms with Gasteiger partial charge in [0.1, 0.15) is 11.5 Å². The molecule has 0 saturated carbocycles. The minimum Gasteiger partial charge on any atom is -0.497 e. The monoisotopic (exact) mass is 269 g/mol. The predicted octanol–water partition coefficient (Wildman–Crippen LogP) is 2.64. The minimum atomic E-state index is -0.463. The number of hydrogen-bond donors (Lipinski definition) is 1. The molecule has 1 N–H and O–H groups in total. The molecule has 1 aliphatic heterocycles. The lowest BCUT2D eigenvalue weighted by molar-refractivity contribution is -0.122. The Morgan fingerprint density at radius 3 is 2.65 bits per heavy atom. The van der Waals surface area contributed by atoms with Crippen molar-refractivity contribution in [3.63, 3.8) is 0 Å². The van der Waals surface area contributed by atoms with Crippen LogP contribution in [0.3, 0.4) is 0 Å². The van der Waals surface area contributed by atoms with Crippen molar-refractivity contribution in [1.29, 1.82) is 0 Å². The fourth-order valence-electron chi connectivity index (χ4n) is 2.23. The van der Waals surface area contributed by atoms with Crippen LogP contribution in [0.4, 0.5) is 5.69 Å². The second kappa shape index (κ2) is 5.25. The third-order valence-corrected chi connectivity index (χ3v) is 3.30. The van der Waals surface area contributed by atoms with Crippen LogP contribution in [0.25, 0.3) is 0 Å². The Balaban J connectivity index is 1.66. The minimum absolute atomic E-state index is 0.133. The van der Waals surface area contributed by atoms with Gasteiger partial charge in [-0.25, -0.2) is 0 Å². The fourth-order valence-corrected chi connectivity index (χ4v) is 2.23. The molecule has 0 radical (unpaired) electrons. The van der Waals surface area contributed by atoms with Gasteiger partial charge in [-0.3, -0.25) is 4.79 Å². The van der Waals surface area contributed by atoms with Gasteiger partial charge in [-0.1, -0.05) is 18.2 Å². The molecular formula is C16H15NO3. The summed E-state index contributed by atoms with van der Waals surface area (Å²) in [6.45, 7) is 0. The van der Waals surface area contributed by atoms with E-state index in [2.05, 4.69) is 5.32 Å². The van der Waals surface area contributed by atoms with Gasteiger partial charge in [0, 0.05) is 12.1 Å². The zero-order chi connectivity index (χ0) is 13.9. The maximum absolute atomic E-state index is 12.2. The molecule has 0 aromatic heterocycles. The third kappa shape index (κ3) is 2.45. The number of ether oxygens (including phenoxy) is 2. The van der Waals surface area contributed by atoms with Gasteiger partial charge in [0.25, 0.3) is 5.91 Å². The molecule has 1 aliphatic rings. The lowest BCUT2D eigenvalue weighted by Gasteiger charge is -2.11. The second-order valence-electron chi connectivity index (χ2n) is 4.64. The van der Waals surface area contributed by atoms with Gasteiger partial charge < -0.3 is 14.8 Å². The van der Waals surface area contributed by atoms with Crippen LogP contribution in [-0.2, 0) is 11.2 Å². The third-order valence-electron chi connectivity index (χ3n) is 3.30. The molecule has 0 unspecified atom stereocenters. The molecule has 1 amide bonds. The predicted molar refractivity (Wildman–Crippen MR) is 76.2 cm³/mol. The number of carbonyl (C=O) groups is 1. The fraction of sp³-hybridized carbons (Fsp3) is 0.188. The van der Waals surface area contributed by atoms with Gasteiger partial charge in [0.05, 0.1) is 7.11 Å². The lowest BCUT2D eigenvalue weighted by atomic mass is 10.1. The molecule has 0 saturated heterocycles. The molecule has 2 aromatic rings. The highest BCUT2D eigenvalue weighted by molar-refractivity contribution is 5.95. The van der Waals surface area contributed by atoms with Gasteiger partial charge in [0.2, 0.25) is 0 Å². The number of para-hydroxylation sites is 1. The first kappa shape index (κ1) is 12.5. The van der Waals surface area contributed by atoms with Gasteiger partial charge in [0.15, 0.2) is 6.10 Å². The van der Waals surface area contributed by atoms with Crippen molar-refractivity contribution in [1.82, 2.24) is 0 Å². The summed E-state index contributed by atoms with van der Waals surface area (Å²) in [5.74, 6) is 1.42. The summed E-state index contributed by atoms with van der Waals surface area (Å²) in [7, 11) is 1.61. The molecule has 3 rings (SSSR count). The first-order valence-corrected chi connectivity index (χ1v) is 6.46. The van der Waals surface area contributed by atoms with Crippen LogP contribution >= 0.6 is 0 Å². The second-order valence-corrected chi connectivity index (χ2v) is 4.64. The topological polar surface area (TPSA) is 47.6 Å². The van der Waals surface area contributed by atoms with Gasteiger partial charge >= 0.3 is 0 Å². The number of nitrogens with one attached hydrogen (secondary N) is 1. The van der Waals surface area contributed by atoms with Crippen molar-refractivity contribution in [3.8, 4) is 11.5 Å². The molecule has 20 heavy (non-hydrogen) atoms. The SMILES string of the molecule is COc1ccc(NC(=O)[C@@H]2Cc3ccccc3O2)cc1. The molecule has 4 heteroatoms. The van der Waals surface area contributed by atoms with Gasteiger partial charge in [-0.15, -0.1) is 0 Å². The quantitative estimate of drug-likeness (QED) is 0.931. The van der Waals surface area contributed by atoms with Gasteiger partial charge in [-0.2, -0.15) is 0 Å². The molecule has 2 aromatic carbocycles. The average molecular weight is 269 g/mol. The average Bonchev–Trinajstić information content (AvgIpc) is 2.92. The molecular weight excluding hydrogens is 254 g/mol. The largest absolute Gasteiger partial charge is 0.497 e. The molecule has 0 spiro atoms. The number of carbonyl (C=O) groups excluding carboxylic acids is 1. The van der Waals surface area contributed by atoms with E-state index in [0.717, 1.165) is 22.7 Å². The Bertz CT molecular complexity index is 597. The molecule has 0 aliphatic carbocycles. The standard InChI is InChI=1S/C16H15NO3/c1-19-13-8-6-12(7-9-13)17-16(18)15-10-11-4-2-3-5-14(11)20-15/h2-9,15H,10H2,1H3,(H,17,18)/t15-/m0/s1. The zero-order valence-electron chi connectivity index (χ0n) is 11.1. The number of hydrogen-bond acceptors (Lipinski definition) is 3. The molecule has 1 heterocycles. The Labute approximate surface area is 117 Å². The normalized spacial score (nSPS) is 16.1. The van der Waals surface area contributed by atoms with Crippen LogP contribution in [-0.4, -0.2) is 19.1 Å². The van der Waals surface area contributed by atoms with Crippen LogP contribution in [0.5, 0.6) is 11.5 Å². The summed E-state index contributed by atoms with van der Waals surface area (Å²) >= 11 is 0. The summed E-state index contributed by atoms with van der Waals surface area (Å²) in [6.07, 6.45) is 0.146. The summed E-state index contributed by atoms with van der Waals surface area (Å²) < 4.78 is 10.7. The Hall–Kier alpha value is -2.49. The smallest absolute Gasteiger partial charge is 0.265 e. The molecule has 0 bridgehead atoms. The summed E-state index contributed by atoms with van der Waals surface area (Å²) in [5.41, 5.74) is 1.80. The number of amides is 1. The van der Waals surface area contributed by atoms with Crippen LogP contribution in [0.1, 0.15) is 5.56 Å². The van der Waals surface area contributed by atoms with E-state index in [1.54, 1.807) is 31.4 Å². The van der Waals surface area contributed by atoms with Crippen molar-refractivity contribution >= 4 is 11.6 Å². The van der Waals surface area contributed by atoms with Crippen molar-refractivity contribution in [2.24, 2.45) is 0 Å². The van der Waals surface area contributed by atoms with Crippen molar-refractivity contribution in [2.75, 3.05) is 12.4 Å². The number of rotatable bonds is 3. The highest BCUT2D eigenvalue weighted by atomic mass is 16.5. The highest BCUT2D eigenvalue weighted by Crippen LogP contribution is 2.28. The zero-order valence-corrected chi connectivity index (χ0v) is 11.1. The van der Waals surface area contributed by atoms with Gasteiger partial charge in [-0.05, 0) is 35.9 Å². The Morgan fingerprint density at radius 2 is 1.95 bits per heavy atom. The molecule has 1 atom stereocenters. The first-order valence-electron chi connectivity index (χ1n) is 6.46. The van der Waals surface area contributed by atoms with Crippen LogP contribution < -0.4 is 14.8 Å². The Kier molecular flexibility index (Phi) is 3.29. The summed E-state index contributed by atoms with van der Waals surface area (Å²) in [5, 5.41) is 2.85. The Morgan fingerprint density at radius 1 is 1.20 bits per heavy atom. The summed E-state index contributed by atoms with van der Waals surface area (Å²) in [4.78, 5) is 12.2. The maximum atomic E-state index is 12.2. The van der Waals surface area contributed by atoms with Crippen molar-refractivity contribution in [3.05, 3.63) is 54.1 Å². The number of methoxy groups -OCH3 is 1. The lowest BCUT2D eigenvalue weighted by Crippen LogP contribution is -2.31. The van der Waals surface area contributed by atoms with Crippen LogP contribution in [0, 0.1) is 0 Å². The van der Waals surface area contributed by atoms with Crippen LogP contribution in [0.2, 0.25) is 0 Å². The van der Waals surface area contributed by atoms with E-state index < -0.39 is 6.10 Å². The first-order chi connectivity index (χ1) is 9.76. The summed E-state index contributed by atoms with van der Waals surface area (Å²) in [6, 6.07) is 14.9. The van der Waals surface area contributed by atoms with Crippen molar-refractivity contribution in [2.45, 2.75) is 12.5 Å². The molecule has 4 nitrogen and oxygen atoms in total. The van der Waals surface area contributed by atoms with E-state index in [1.165, 1.54) is 0 Å².